The average Bonchev–Trinajstić information content (AvgIpc) is 2.87. The Balaban J connectivity index is 2.08. The van der Waals surface area contributed by atoms with Crippen molar-refractivity contribution in [2.24, 2.45) is 0 Å². The summed E-state index contributed by atoms with van der Waals surface area (Å²) >= 11 is 5.79. The third kappa shape index (κ3) is 2.10. The first-order valence-corrected chi connectivity index (χ1v) is 6.54. The van der Waals surface area contributed by atoms with Crippen LogP contribution in [0.4, 0.5) is 4.39 Å². The number of carbonyl (C=O) groups excluding carboxylic acids is 1. The highest BCUT2D eigenvalue weighted by Crippen LogP contribution is 2.23. The number of aromatic nitrogens is 1. The highest BCUT2D eigenvalue weighted by molar-refractivity contribution is 6.30. The van der Waals surface area contributed by atoms with Crippen LogP contribution in [0.2, 0.25) is 5.02 Å². The molecule has 0 amide bonds. The minimum atomic E-state index is -0.400. The Morgan fingerprint density at radius 2 is 1.95 bits per heavy atom. The monoisotopic (exact) mass is 287 g/mol. The van der Waals surface area contributed by atoms with E-state index in [4.69, 9.17) is 11.6 Å². The lowest BCUT2D eigenvalue weighted by Crippen LogP contribution is -2.01. The zero-order valence-corrected chi connectivity index (χ0v) is 11.3. The lowest BCUT2D eigenvalue weighted by Gasteiger charge is -2.08. The molecule has 2 aromatic carbocycles. The van der Waals surface area contributed by atoms with Gasteiger partial charge < -0.3 is 4.57 Å². The van der Waals surface area contributed by atoms with Gasteiger partial charge in [-0.05, 0) is 18.2 Å². The Kier molecular flexibility index (Phi) is 3.28. The Labute approximate surface area is 120 Å². The van der Waals surface area contributed by atoms with Crippen molar-refractivity contribution in [2.45, 2.75) is 6.54 Å². The van der Waals surface area contributed by atoms with E-state index in [0.717, 1.165) is 17.2 Å². The van der Waals surface area contributed by atoms with Gasteiger partial charge >= 0.3 is 0 Å². The molecule has 3 rings (SSSR count). The summed E-state index contributed by atoms with van der Waals surface area (Å²) in [5, 5.41) is 0.984. The van der Waals surface area contributed by atoms with Gasteiger partial charge in [0.15, 0.2) is 6.29 Å². The van der Waals surface area contributed by atoms with E-state index in [0.29, 0.717) is 17.7 Å². The van der Waals surface area contributed by atoms with Gasteiger partial charge in [-0.25, -0.2) is 4.39 Å². The summed E-state index contributed by atoms with van der Waals surface area (Å²) in [6, 6.07) is 12.3. The molecule has 0 unspecified atom stereocenters. The van der Waals surface area contributed by atoms with E-state index >= 15 is 0 Å². The quantitative estimate of drug-likeness (QED) is 0.659. The van der Waals surface area contributed by atoms with Gasteiger partial charge in [-0.3, -0.25) is 4.79 Å². The normalized spacial score (nSPS) is 10.9. The van der Waals surface area contributed by atoms with Crippen LogP contribution < -0.4 is 0 Å². The standard InChI is InChI=1S/C16H11ClFNO/c17-14-5-1-3-11(16(14)18)9-19-8-7-13-12(10-20)4-2-6-15(13)19/h1-8,10H,9H2. The molecular weight excluding hydrogens is 277 g/mol. The molecule has 0 atom stereocenters. The van der Waals surface area contributed by atoms with Crippen molar-refractivity contribution in [1.29, 1.82) is 0 Å². The van der Waals surface area contributed by atoms with Crippen molar-refractivity contribution in [1.82, 2.24) is 4.57 Å². The molecule has 0 saturated heterocycles. The van der Waals surface area contributed by atoms with E-state index in [1.54, 1.807) is 18.2 Å². The highest BCUT2D eigenvalue weighted by atomic mass is 35.5. The van der Waals surface area contributed by atoms with Gasteiger partial charge in [0.1, 0.15) is 5.82 Å². The van der Waals surface area contributed by atoms with Crippen LogP contribution in [0.15, 0.2) is 48.7 Å². The molecule has 100 valence electrons. The van der Waals surface area contributed by atoms with Gasteiger partial charge in [-0.2, -0.15) is 0 Å². The first kappa shape index (κ1) is 12.9. The molecule has 1 aromatic heterocycles. The molecule has 0 radical (unpaired) electrons. The molecule has 20 heavy (non-hydrogen) atoms. The molecule has 0 bridgehead atoms. The molecule has 0 fully saturated rings. The predicted octanol–water partition coefficient (Wildman–Crippen LogP) is 4.29. The fourth-order valence-electron chi connectivity index (χ4n) is 2.34. The molecular formula is C16H11ClFNO. The molecule has 0 spiro atoms. The van der Waals surface area contributed by atoms with Crippen LogP contribution in [-0.4, -0.2) is 10.9 Å². The summed E-state index contributed by atoms with van der Waals surface area (Å²) in [5.74, 6) is -0.400. The van der Waals surface area contributed by atoms with E-state index in [-0.39, 0.29) is 5.02 Å². The zero-order valence-electron chi connectivity index (χ0n) is 10.5. The first-order chi connectivity index (χ1) is 9.70. The minimum Gasteiger partial charge on any atom is -0.343 e. The predicted molar refractivity (Wildman–Crippen MR) is 77.8 cm³/mol. The van der Waals surface area contributed by atoms with E-state index in [2.05, 4.69) is 0 Å². The number of hydrogen-bond donors (Lipinski definition) is 0. The van der Waals surface area contributed by atoms with Crippen LogP contribution in [0.3, 0.4) is 0 Å². The van der Waals surface area contributed by atoms with Crippen molar-refractivity contribution in [3.63, 3.8) is 0 Å². The summed E-state index contributed by atoms with van der Waals surface area (Å²) in [6.07, 6.45) is 2.67. The average molecular weight is 288 g/mol. The van der Waals surface area contributed by atoms with Crippen LogP contribution in [0.1, 0.15) is 15.9 Å². The lowest BCUT2D eigenvalue weighted by molar-refractivity contribution is 0.112. The second kappa shape index (κ2) is 5.10. The lowest BCUT2D eigenvalue weighted by atomic mass is 10.1. The molecule has 0 N–H and O–H groups in total. The van der Waals surface area contributed by atoms with Gasteiger partial charge in [-0.1, -0.05) is 35.9 Å². The molecule has 4 heteroatoms. The van der Waals surface area contributed by atoms with Crippen LogP contribution in [0.5, 0.6) is 0 Å². The smallest absolute Gasteiger partial charge is 0.150 e. The Morgan fingerprint density at radius 1 is 1.15 bits per heavy atom. The van der Waals surface area contributed by atoms with Crippen LogP contribution in [0, 0.1) is 5.82 Å². The molecule has 0 aliphatic heterocycles. The summed E-state index contributed by atoms with van der Waals surface area (Å²) in [5.41, 5.74) is 2.05. The molecule has 3 aromatic rings. The molecule has 0 aliphatic rings. The fourth-order valence-corrected chi connectivity index (χ4v) is 2.54. The SMILES string of the molecule is O=Cc1cccc2c1ccn2Cc1cccc(Cl)c1F. The third-order valence-electron chi connectivity index (χ3n) is 3.35. The number of nitrogens with zero attached hydrogens (tertiary/aromatic N) is 1. The largest absolute Gasteiger partial charge is 0.343 e. The van der Waals surface area contributed by atoms with Gasteiger partial charge in [-0.15, -0.1) is 0 Å². The minimum absolute atomic E-state index is 0.118. The Hall–Kier alpha value is -2.13. The number of carbonyl (C=O) groups is 1. The molecule has 1 heterocycles. The topological polar surface area (TPSA) is 22.0 Å². The van der Waals surface area contributed by atoms with E-state index in [9.17, 15) is 9.18 Å². The summed E-state index contributed by atoms with van der Waals surface area (Å²) in [6.45, 7) is 0.373. The maximum atomic E-state index is 13.9. The highest BCUT2D eigenvalue weighted by Gasteiger charge is 2.09. The van der Waals surface area contributed by atoms with Crippen molar-refractivity contribution in [2.75, 3.05) is 0 Å². The zero-order chi connectivity index (χ0) is 14.1. The van der Waals surface area contributed by atoms with E-state index in [1.807, 2.05) is 29.0 Å². The number of fused-ring (bicyclic) bond motifs is 1. The number of rotatable bonds is 3. The Bertz CT molecular complexity index is 794. The summed E-state index contributed by atoms with van der Waals surface area (Å²) < 4.78 is 15.8. The number of benzene rings is 2. The van der Waals surface area contributed by atoms with Crippen molar-refractivity contribution < 1.29 is 9.18 Å². The first-order valence-electron chi connectivity index (χ1n) is 6.16. The van der Waals surface area contributed by atoms with Crippen LogP contribution in [0.25, 0.3) is 10.9 Å². The van der Waals surface area contributed by atoms with E-state index < -0.39 is 5.82 Å². The second-order valence-corrected chi connectivity index (χ2v) is 4.96. The summed E-state index contributed by atoms with van der Waals surface area (Å²) in [4.78, 5) is 11.0. The van der Waals surface area contributed by atoms with Crippen molar-refractivity contribution in [3.8, 4) is 0 Å². The fraction of sp³-hybridized carbons (Fsp3) is 0.0625. The maximum Gasteiger partial charge on any atom is 0.150 e. The molecule has 2 nitrogen and oxygen atoms in total. The summed E-state index contributed by atoms with van der Waals surface area (Å²) in [7, 11) is 0. The van der Waals surface area contributed by atoms with E-state index in [1.165, 1.54) is 6.07 Å². The van der Waals surface area contributed by atoms with Gasteiger partial charge in [0.2, 0.25) is 0 Å². The van der Waals surface area contributed by atoms with Crippen LogP contribution >= 0.6 is 11.6 Å². The molecule has 0 aliphatic carbocycles. The van der Waals surface area contributed by atoms with Gasteiger partial charge in [0.05, 0.1) is 11.6 Å². The number of halogens is 2. The number of hydrogen-bond acceptors (Lipinski definition) is 1. The second-order valence-electron chi connectivity index (χ2n) is 4.55. The number of aldehydes is 1. The van der Waals surface area contributed by atoms with Crippen molar-refractivity contribution in [3.05, 3.63) is 70.6 Å². The van der Waals surface area contributed by atoms with Crippen LogP contribution in [-0.2, 0) is 6.54 Å². The third-order valence-corrected chi connectivity index (χ3v) is 3.64. The van der Waals surface area contributed by atoms with Gasteiger partial charge in [0.25, 0.3) is 0 Å². The maximum absolute atomic E-state index is 13.9. The van der Waals surface area contributed by atoms with Crippen molar-refractivity contribution >= 4 is 28.8 Å². The van der Waals surface area contributed by atoms with Gasteiger partial charge in [0, 0.05) is 28.2 Å². The molecule has 0 saturated carbocycles. The Morgan fingerprint density at radius 3 is 2.75 bits per heavy atom.